The van der Waals surface area contributed by atoms with E-state index in [1.54, 1.807) is 0 Å². The zero-order valence-electron chi connectivity index (χ0n) is 32.9. The van der Waals surface area contributed by atoms with Crippen LogP contribution < -0.4 is 0 Å². The summed E-state index contributed by atoms with van der Waals surface area (Å²) in [5, 5.41) is 0. The van der Waals surface area contributed by atoms with Crippen molar-refractivity contribution in [3.63, 3.8) is 0 Å². The van der Waals surface area contributed by atoms with E-state index in [0.29, 0.717) is 67.6 Å². The molecule has 0 aromatic carbocycles. The van der Waals surface area contributed by atoms with Crippen molar-refractivity contribution in [1.82, 2.24) is 0 Å². The van der Waals surface area contributed by atoms with Crippen molar-refractivity contribution in [2.24, 2.45) is 53.3 Å². The van der Waals surface area contributed by atoms with Gasteiger partial charge >= 0.3 is 0 Å². The van der Waals surface area contributed by atoms with E-state index in [2.05, 4.69) is 159 Å². The summed E-state index contributed by atoms with van der Waals surface area (Å²) in [6, 6.07) is 0. The molecule has 0 spiro atoms. The fourth-order valence-corrected chi connectivity index (χ4v) is 28.4. The van der Waals surface area contributed by atoms with Gasteiger partial charge in [-0.25, -0.2) is 0 Å². The highest BCUT2D eigenvalue weighted by molar-refractivity contribution is 6.91. The average molecular weight is 661 g/mol. The first-order chi connectivity index (χ1) is 20.8. The Kier molecular flexibility index (Phi) is 10.7. The van der Waals surface area contributed by atoms with E-state index in [4.69, 9.17) is 0 Å². The van der Waals surface area contributed by atoms with Crippen molar-refractivity contribution in [3.05, 3.63) is 0 Å². The zero-order chi connectivity index (χ0) is 34.1. The van der Waals surface area contributed by atoms with Crippen molar-refractivity contribution < 1.29 is 0 Å². The maximum Gasteiger partial charge on any atom is 0.145 e. The molecule has 0 aromatic rings. The smallest absolute Gasteiger partial charge is 0.130 e. The maximum absolute atomic E-state index is 4.19. The van der Waals surface area contributed by atoms with Gasteiger partial charge in [0.2, 0.25) is 0 Å². The van der Waals surface area contributed by atoms with Crippen LogP contribution in [0.15, 0.2) is 0 Å². The summed E-state index contributed by atoms with van der Waals surface area (Å²) in [5.41, 5.74) is 18.9. The number of hydrogen-bond donors (Lipinski definition) is 0. The van der Waals surface area contributed by atoms with Gasteiger partial charge in [0.15, 0.2) is 0 Å². The normalized spacial score (nSPS) is 31.9. The Bertz CT molecular complexity index is 1000. The monoisotopic (exact) mass is 660 g/mol. The Morgan fingerprint density at radius 2 is 0.400 bits per heavy atom. The molecule has 0 amide bonds. The molecule has 252 valence electrons. The molecule has 4 saturated carbocycles. The van der Waals surface area contributed by atoms with E-state index in [0.717, 1.165) is 35.5 Å². The standard InChI is InChI=1S/C42H72Si3/c1-25(2)43(26(3)4,27(5)6)22-19-34-37-38(34)40-36(21-24-45(31(13)14,32(15)16)33(17)18)42(40)41-35(39(37)41)20-23-44(28(7)8,29(9)10)30(11)12/h25-42H,1-18H3. The highest BCUT2D eigenvalue weighted by Crippen LogP contribution is 2.83. The van der Waals surface area contributed by atoms with Crippen LogP contribution in [0.3, 0.4) is 0 Å². The van der Waals surface area contributed by atoms with Gasteiger partial charge in [-0.2, -0.15) is 0 Å². The van der Waals surface area contributed by atoms with Gasteiger partial charge in [-0.05, 0) is 85.4 Å². The van der Waals surface area contributed by atoms with Crippen LogP contribution in [0.5, 0.6) is 0 Å². The molecule has 0 atom stereocenters. The summed E-state index contributed by atoms with van der Waals surface area (Å²) in [7, 11) is -5.18. The summed E-state index contributed by atoms with van der Waals surface area (Å²) >= 11 is 0. The molecule has 3 heteroatoms. The third kappa shape index (κ3) is 5.76. The SMILES string of the molecule is CC(C)[Si](C#CC1C2C3C(C#C[Si](C(C)C)(C(C)C)C(C)C)C3C3C(C#C[Si](C(C)C)(C(C)C)C(C)C)C3C12)(C(C)C)C(C)C. The average Bonchev–Trinajstić information content (AvgIpc) is 3.80. The number of hydrogen-bond acceptors (Lipinski definition) is 0. The predicted octanol–water partition coefficient (Wildman–Crippen LogP) is 12.3. The van der Waals surface area contributed by atoms with E-state index < -0.39 is 24.2 Å². The van der Waals surface area contributed by atoms with Gasteiger partial charge in [0.1, 0.15) is 24.2 Å². The van der Waals surface area contributed by atoms with Crippen LogP contribution >= 0.6 is 0 Å². The van der Waals surface area contributed by atoms with E-state index in [1.165, 1.54) is 0 Å². The third-order valence-electron chi connectivity index (χ3n) is 14.7. The van der Waals surface area contributed by atoms with Crippen LogP contribution in [0.4, 0.5) is 0 Å². The summed E-state index contributed by atoms with van der Waals surface area (Å²) in [5.74, 6) is 19.0. The van der Waals surface area contributed by atoms with Crippen molar-refractivity contribution >= 4 is 24.2 Å². The molecule has 0 nitrogen and oxygen atoms in total. The van der Waals surface area contributed by atoms with Crippen LogP contribution in [0, 0.1) is 87.7 Å². The number of fused-ring (bicyclic) bond motifs is 6. The molecular formula is C42H72Si3. The summed E-state index contributed by atoms with van der Waals surface area (Å²) in [4.78, 5) is 0. The van der Waals surface area contributed by atoms with Gasteiger partial charge in [-0.15, -0.1) is 34.4 Å². The van der Waals surface area contributed by atoms with E-state index >= 15 is 0 Å². The largest absolute Gasteiger partial charge is 0.145 e. The van der Waals surface area contributed by atoms with Gasteiger partial charge in [-0.1, -0.05) is 125 Å². The fraction of sp³-hybridized carbons (Fsp3) is 0.857. The molecule has 4 rings (SSSR count). The highest BCUT2D eigenvalue weighted by atomic mass is 28.3. The summed E-state index contributed by atoms with van der Waals surface area (Å²) in [6.07, 6.45) is 0. The topological polar surface area (TPSA) is 0 Å². The molecule has 0 saturated heterocycles. The van der Waals surface area contributed by atoms with Gasteiger partial charge < -0.3 is 0 Å². The van der Waals surface area contributed by atoms with Crippen molar-refractivity contribution in [2.45, 2.75) is 174 Å². The maximum atomic E-state index is 4.19. The summed E-state index contributed by atoms with van der Waals surface area (Å²) < 4.78 is 0. The quantitative estimate of drug-likeness (QED) is 0.170. The Labute approximate surface area is 285 Å². The molecule has 4 aliphatic carbocycles. The molecule has 45 heavy (non-hydrogen) atoms. The third-order valence-corrected chi connectivity index (χ3v) is 33.6. The van der Waals surface area contributed by atoms with Crippen LogP contribution in [-0.2, 0) is 0 Å². The first kappa shape index (κ1) is 37.2. The fourth-order valence-electron chi connectivity index (χ4n) is 12.6. The molecule has 4 aliphatic rings. The molecule has 0 bridgehead atoms. The highest BCUT2D eigenvalue weighted by Gasteiger charge is 2.82. The molecule has 0 aliphatic heterocycles. The van der Waals surface area contributed by atoms with Gasteiger partial charge in [0.25, 0.3) is 0 Å². The molecule has 4 fully saturated rings. The van der Waals surface area contributed by atoms with Crippen LogP contribution in [0.1, 0.15) is 125 Å². The summed E-state index contributed by atoms with van der Waals surface area (Å²) in [6.45, 7) is 44.4. The lowest BCUT2D eigenvalue weighted by molar-refractivity contribution is 0.434. The lowest BCUT2D eigenvalue weighted by atomic mass is 10.0. The van der Waals surface area contributed by atoms with Crippen LogP contribution in [0.25, 0.3) is 0 Å². The molecule has 0 aromatic heterocycles. The lowest BCUT2D eigenvalue weighted by Gasteiger charge is -2.38. The first-order valence-electron chi connectivity index (χ1n) is 19.4. The minimum Gasteiger partial charge on any atom is -0.130 e. The Hall–Kier alpha value is -0.669. The lowest BCUT2D eigenvalue weighted by Crippen LogP contribution is -2.43. The second-order valence-corrected chi connectivity index (χ2v) is 35.8. The van der Waals surface area contributed by atoms with E-state index in [-0.39, 0.29) is 0 Å². The molecule has 0 unspecified atom stereocenters. The predicted molar refractivity (Wildman–Crippen MR) is 208 cm³/mol. The zero-order valence-corrected chi connectivity index (χ0v) is 35.9. The molecule has 0 radical (unpaired) electrons. The van der Waals surface area contributed by atoms with E-state index in [9.17, 15) is 0 Å². The minimum atomic E-state index is -1.73. The second kappa shape index (κ2) is 13.0. The van der Waals surface area contributed by atoms with Gasteiger partial charge in [0, 0.05) is 17.8 Å². The van der Waals surface area contributed by atoms with Crippen molar-refractivity contribution in [2.75, 3.05) is 0 Å². The first-order valence-corrected chi connectivity index (χ1v) is 26.1. The minimum absolute atomic E-state index is 0.610. The van der Waals surface area contributed by atoms with Crippen molar-refractivity contribution in [3.8, 4) is 34.4 Å². The van der Waals surface area contributed by atoms with Gasteiger partial charge in [-0.3, -0.25) is 0 Å². The second-order valence-electron chi connectivity index (χ2n) is 19.0. The van der Waals surface area contributed by atoms with E-state index in [1.807, 2.05) is 0 Å². The molecule has 0 heterocycles. The van der Waals surface area contributed by atoms with Gasteiger partial charge in [0.05, 0.1) is 0 Å². The number of rotatable bonds is 9. The Morgan fingerprint density at radius 1 is 0.267 bits per heavy atom. The Morgan fingerprint density at radius 3 is 0.511 bits per heavy atom. The Balaban J connectivity index is 1.75. The van der Waals surface area contributed by atoms with Crippen LogP contribution in [0.2, 0.25) is 49.9 Å². The molecule has 0 N–H and O–H groups in total. The molecular weight excluding hydrogens is 589 g/mol. The van der Waals surface area contributed by atoms with Crippen LogP contribution in [-0.4, -0.2) is 24.2 Å². The van der Waals surface area contributed by atoms with Crippen molar-refractivity contribution in [1.29, 1.82) is 0 Å².